The van der Waals surface area contributed by atoms with Crippen LogP contribution in [0.1, 0.15) is 12.0 Å². The van der Waals surface area contributed by atoms with E-state index in [2.05, 4.69) is 15.4 Å². The maximum absolute atomic E-state index is 13.7. The van der Waals surface area contributed by atoms with Gasteiger partial charge in [-0.1, -0.05) is 6.07 Å². The molecule has 0 saturated carbocycles. The summed E-state index contributed by atoms with van der Waals surface area (Å²) in [5.41, 5.74) is 0.340. The van der Waals surface area contributed by atoms with E-state index in [-0.39, 0.29) is 30.6 Å². The van der Waals surface area contributed by atoms with Crippen molar-refractivity contribution in [3.8, 4) is 0 Å². The second kappa shape index (κ2) is 7.83. The number of halogens is 1. The minimum absolute atomic E-state index is 0.0376. The van der Waals surface area contributed by atoms with E-state index in [0.717, 1.165) is 6.07 Å². The Labute approximate surface area is 120 Å². The van der Waals surface area contributed by atoms with Crippen molar-refractivity contribution in [2.24, 2.45) is 0 Å². The standard InChI is InChI=1S/C13H15FN2O5/c1-21-12(19)6-8-2-3-9(7-10(8)14)16-13(20)15-5-4-11(17)18/h2-3,7H,4-6H2,1H3,(H,17,18)(H2,15,16,20). The van der Waals surface area contributed by atoms with E-state index in [1.165, 1.54) is 19.2 Å². The summed E-state index contributed by atoms with van der Waals surface area (Å²) in [5, 5.41) is 13.1. The van der Waals surface area contributed by atoms with Crippen LogP contribution in [0.5, 0.6) is 0 Å². The van der Waals surface area contributed by atoms with Gasteiger partial charge in [-0.15, -0.1) is 0 Å². The van der Waals surface area contributed by atoms with Crippen molar-refractivity contribution in [3.63, 3.8) is 0 Å². The summed E-state index contributed by atoms with van der Waals surface area (Å²) in [6.07, 6.45) is -0.409. The first-order valence-corrected chi connectivity index (χ1v) is 6.04. The van der Waals surface area contributed by atoms with E-state index in [4.69, 9.17) is 5.11 Å². The smallest absolute Gasteiger partial charge is 0.319 e. The second-order valence-electron chi connectivity index (χ2n) is 4.08. The number of hydrogen-bond donors (Lipinski definition) is 3. The second-order valence-corrected chi connectivity index (χ2v) is 4.08. The maximum Gasteiger partial charge on any atom is 0.319 e. The van der Waals surface area contributed by atoms with Gasteiger partial charge in [-0.25, -0.2) is 9.18 Å². The molecule has 0 radical (unpaired) electrons. The normalized spacial score (nSPS) is 9.81. The Balaban J connectivity index is 2.57. The number of esters is 1. The Bertz CT molecular complexity index is 547. The van der Waals surface area contributed by atoms with Crippen LogP contribution in [0.15, 0.2) is 18.2 Å². The molecule has 1 aromatic carbocycles. The zero-order valence-electron chi connectivity index (χ0n) is 11.3. The van der Waals surface area contributed by atoms with Gasteiger partial charge in [-0.05, 0) is 17.7 Å². The molecule has 114 valence electrons. The molecule has 0 bridgehead atoms. The molecule has 0 aromatic heterocycles. The molecule has 0 aliphatic rings. The number of carbonyl (C=O) groups is 3. The molecule has 0 aliphatic carbocycles. The van der Waals surface area contributed by atoms with Crippen LogP contribution in [0.4, 0.5) is 14.9 Å². The molecule has 8 heteroatoms. The van der Waals surface area contributed by atoms with Gasteiger partial charge in [0.1, 0.15) is 5.82 Å². The van der Waals surface area contributed by atoms with Crippen molar-refractivity contribution in [3.05, 3.63) is 29.6 Å². The van der Waals surface area contributed by atoms with Crippen molar-refractivity contribution in [1.29, 1.82) is 0 Å². The predicted molar refractivity (Wildman–Crippen MR) is 71.4 cm³/mol. The van der Waals surface area contributed by atoms with Gasteiger partial charge in [0.15, 0.2) is 0 Å². The SMILES string of the molecule is COC(=O)Cc1ccc(NC(=O)NCCC(=O)O)cc1F. The summed E-state index contributed by atoms with van der Waals surface area (Å²) in [4.78, 5) is 32.7. The Morgan fingerprint density at radius 2 is 2.05 bits per heavy atom. The molecule has 0 fully saturated rings. The summed E-state index contributed by atoms with van der Waals surface area (Å²) in [6.45, 7) is -0.0376. The molecule has 7 nitrogen and oxygen atoms in total. The molecule has 0 aliphatic heterocycles. The number of carboxylic acid groups (broad SMARTS) is 1. The van der Waals surface area contributed by atoms with E-state index >= 15 is 0 Å². The van der Waals surface area contributed by atoms with Gasteiger partial charge < -0.3 is 20.5 Å². The highest BCUT2D eigenvalue weighted by molar-refractivity contribution is 5.89. The maximum atomic E-state index is 13.7. The Morgan fingerprint density at radius 1 is 1.33 bits per heavy atom. The third-order valence-corrected chi connectivity index (χ3v) is 2.50. The summed E-state index contributed by atoms with van der Waals surface area (Å²) in [6, 6.07) is 3.21. The van der Waals surface area contributed by atoms with Crippen LogP contribution in [-0.2, 0) is 20.7 Å². The van der Waals surface area contributed by atoms with Crippen LogP contribution < -0.4 is 10.6 Å². The van der Waals surface area contributed by atoms with Crippen molar-refractivity contribution < 1.29 is 28.6 Å². The number of aliphatic carboxylic acids is 1. The van der Waals surface area contributed by atoms with E-state index in [0.29, 0.717) is 0 Å². The molecule has 1 rings (SSSR count). The molecule has 0 saturated heterocycles. The molecule has 0 heterocycles. The van der Waals surface area contributed by atoms with Crippen LogP contribution in [0.2, 0.25) is 0 Å². The quantitative estimate of drug-likeness (QED) is 0.683. The molecule has 0 spiro atoms. The first-order valence-electron chi connectivity index (χ1n) is 6.04. The molecule has 0 atom stereocenters. The minimum atomic E-state index is -1.03. The lowest BCUT2D eigenvalue weighted by Crippen LogP contribution is -2.30. The number of nitrogens with one attached hydrogen (secondary N) is 2. The van der Waals surface area contributed by atoms with E-state index in [1.54, 1.807) is 0 Å². The predicted octanol–water partition coefficient (Wildman–Crippen LogP) is 1.14. The van der Waals surface area contributed by atoms with Gasteiger partial charge in [0.2, 0.25) is 0 Å². The van der Waals surface area contributed by atoms with Crippen LogP contribution in [0, 0.1) is 5.82 Å². The number of carbonyl (C=O) groups excluding carboxylic acids is 2. The highest BCUT2D eigenvalue weighted by Crippen LogP contribution is 2.15. The van der Waals surface area contributed by atoms with Crippen LogP contribution in [0.3, 0.4) is 0 Å². The number of ether oxygens (including phenoxy) is 1. The fourth-order valence-corrected chi connectivity index (χ4v) is 1.45. The number of amides is 2. The summed E-state index contributed by atoms with van der Waals surface area (Å²) in [5.74, 6) is -2.25. The number of benzene rings is 1. The lowest BCUT2D eigenvalue weighted by molar-refractivity contribution is -0.140. The van der Waals surface area contributed by atoms with Gasteiger partial charge in [0, 0.05) is 12.2 Å². The highest BCUT2D eigenvalue weighted by Gasteiger charge is 2.10. The van der Waals surface area contributed by atoms with E-state index < -0.39 is 23.8 Å². The topological polar surface area (TPSA) is 105 Å². The number of carboxylic acids is 1. The van der Waals surface area contributed by atoms with Gasteiger partial charge in [0.25, 0.3) is 0 Å². The van der Waals surface area contributed by atoms with Crippen LogP contribution in [0.25, 0.3) is 0 Å². The average Bonchev–Trinajstić information content (AvgIpc) is 2.41. The molecular weight excluding hydrogens is 283 g/mol. The summed E-state index contributed by atoms with van der Waals surface area (Å²) >= 11 is 0. The first kappa shape index (κ1) is 16.4. The largest absolute Gasteiger partial charge is 0.481 e. The number of urea groups is 1. The van der Waals surface area contributed by atoms with E-state index in [9.17, 15) is 18.8 Å². The van der Waals surface area contributed by atoms with Gasteiger partial charge in [-0.2, -0.15) is 0 Å². The highest BCUT2D eigenvalue weighted by atomic mass is 19.1. The lowest BCUT2D eigenvalue weighted by atomic mass is 10.1. The van der Waals surface area contributed by atoms with Crippen molar-refractivity contribution in [1.82, 2.24) is 5.32 Å². The summed E-state index contributed by atoms with van der Waals surface area (Å²) < 4.78 is 18.1. The van der Waals surface area contributed by atoms with Gasteiger partial charge in [-0.3, -0.25) is 9.59 Å². The molecule has 1 aromatic rings. The number of rotatable bonds is 6. The van der Waals surface area contributed by atoms with E-state index in [1.807, 2.05) is 0 Å². The van der Waals surface area contributed by atoms with Gasteiger partial charge >= 0.3 is 18.0 Å². The minimum Gasteiger partial charge on any atom is -0.481 e. The molecule has 2 amide bonds. The Kier molecular flexibility index (Phi) is 6.12. The fourth-order valence-electron chi connectivity index (χ4n) is 1.45. The van der Waals surface area contributed by atoms with Gasteiger partial charge in [0.05, 0.1) is 20.0 Å². The zero-order chi connectivity index (χ0) is 15.8. The van der Waals surface area contributed by atoms with Crippen molar-refractivity contribution in [2.45, 2.75) is 12.8 Å². The van der Waals surface area contributed by atoms with Crippen molar-refractivity contribution >= 4 is 23.7 Å². The summed E-state index contributed by atoms with van der Waals surface area (Å²) in [7, 11) is 1.21. The molecule has 3 N–H and O–H groups in total. The third kappa shape index (κ3) is 5.89. The first-order chi connectivity index (χ1) is 9.92. The zero-order valence-corrected chi connectivity index (χ0v) is 11.3. The number of anilines is 1. The number of methoxy groups -OCH3 is 1. The molecule has 0 unspecified atom stereocenters. The Hall–Kier alpha value is -2.64. The van der Waals surface area contributed by atoms with Crippen LogP contribution >= 0.6 is 0 Å². The molecule has 21 heavy (non-hydrogen) atoms. The lowest BCUT2D eigenvalue weighted by Gasteiger charge is -2.08. The average molecular weight is 298 g/mol. The molecular formula is C13H15FN2O5. The third-order valence-electron chi connectivity index (χ3n) is 2.50. The van der Waals surface area contributed by atoms with Crippen molar-refractivity contribution in [2.75, 3.05) is 19.0 Å². The van der Waals surface area contributed by atoms with Crippen LogP contribution in [-0.4, -0.2) is 36.7 Å². The Morgan fingerprint density at radius 3 is 2.62 bits per heavy atom. The monoisotopic (exact) mass is 298 g/mol. The number of hydrogen-bond acceptors (Lipinski definition) is 4. The fraction of sp³-hybridized carbons (Fsp3) is 0.308.